The third-order valence-electron chi connectivity index (χ3n) is 3.92. The molecule has 0 spiro atoms. The van der Waals surface area contributed by atoms with Crippen molar-refractivity contribution in [2.45, 2.75) is 19.6 Å². The summed E-state index contributed by atoms with van der Waals surface area (Å²) in [7, 11) is 0. The second-order valence-electron chi connectivity index (χ2n) is 6.34. The number of rotatable bonds is 18. The maximum Gasteiger partial charge on any atom is 0.364 e. The lowest BCUT2D eigenvalue weighted by atomic mass is 10.5. The smallest absolute Gasteiger partial charge is 0.364 e. The van der Waals surface area contributed by atoms with Crippen molar-refractivity contribution in [2.75, 3.05) is 37.5 Å². The molecule has 0 saturated carbocycles. The SMILES string of the molecule is O=C=NCSOC(=S)OCCn1c(=O)n(CCOC(=S)OSCN=C=O)c(=O)n(CCOC(=S)OSCN=C=O)c1=O. The van der Waals surface area contributed by atoms with Gasteiger partial charge in [-0.1, -0.05) is 0 Å². The van der Waals surface area contributed by atoms with Crippen LogP contribution in [0, 0.1) is 0 Å². The van der Waals surface area contributed by atoms with Gasteiger partial charge in [-0.25, -0.2) is 42.5 Å². The summed E-state index contributed by atoms with van der Waals surface area (Å²) in [6, 6.07) is 0. The van der Waals surface area contributed by atoms with E-state index in [1.54, 1.807) is 0 Å². The maximum atomic E-state index is 13.0. The Kier molecular flexibility index (Phi) is 19.5. The van der Waals surface area contributed by atoms with Gasteiger partial charge in [0.1, 0.15) is 37.5 Å². The molecule has 42 heavy (non-hydrogen) atoms. The Balaban J connectivity index is 3.01. The molecule has 1 heterocycles. The molecule has 24 heteroatoms. The number of ether oxygens (including phenoxy) is 3. The second kappa shape index (κ2) is 22.3. The highest BCUT2D eigenvalue weighted by atomic mass is 32.2. The minimum absolute atomic E-state index is 0.0913. The zero-order valence-corrected chi connectivity index (χ0v) is 25.8. The third kappa shape index (κ3) is 14.5. The molecule has 0 saturated heterocycles. The van der Waals surface area contributed by atoms with Crippen LogP contribution < -0.4 is 17.1 Å². The Morgan fingerprint density at radius 1 is 0.571 bits per heavy atom. The van der Waals surface area contributed by atoms with Crippen LogP contribution in [-0.4, -0.2) is 85.1 Å². The molecule has 0 radical (unpaired) electrons. The van der Waals surface area contributed by atoms with Gasteiger partial charge >= 0.3 is 32.8 Å². The lowest BCUT2D eigenvalue weighted by Gasteiger charge is -2.15. The molecule has 1 aromatic rings. The van der Waals surface area contributed by atoms with Crippen LogP contribution in [0.1, 0.15) is 0 Å². The van der Waals surface area contributed by atoms with E-state index >= 15 is 0 Å². The standard InChI is InChI=1S/C18H18N6O12S6/c25-7-19-10-40-34-16(37)31-4-1-22-13(28)23(2-5-32-17(38)35-41-11-20-8-26)15(30)24(14(22)29)3-6-33-18(39)36-42-12-21-9-27/h1-6,10-12H2. The molecule has 0 amide bonds. The van der Waals surface area contributed by atoms with Crippen LogP contribution in [0.5, 0.6) is 0 Å². The molecule has 0 bridgehead atoms. The average molecular weight is 703 g/mol. The number of isocyanates is 3. The van der Waals surface area contributed by atoms with Crippen molar-refractivity contribution in [1.29, 1.82) is 0 Å². The highest BCUT2D eigenvalue weighted by molar-refractivity contribution is 7.96. The van der Waals surface area contributed by atoms with E-state index in [2.05, 4.69) is 15.0 Å². The molecule has 0 aliphatic rings. The molecular weight excluding hydrogens is 685 g/mol. The summed E-state index contributed by atoms with van der Waals surface area (Å²) in [5.74, 6) is -0.274. The highest BCUT2D eigenvalue weighted by Gasteiger charge is 2.17. The summed E-state index contributed by atoms with van der Waals surface area (Å²) in [6.45, 7) is -2.00. The molecule has 1 rings (SSSR count). The van der Waals surface area contributed by atoms with Crippen molar-refractivity contribution in [3.05, 3.63) is 31.5 Å². The van der Waals surface area contributed by atoms with E-state index < -0.39 is 17.1 Å². The van der Waals surface area contributed by atoms with Crippen LogP contribution in [0.4, 0.5) is 0 Å². The number of carbonyl (C=O) groups excluding carboxylic acids is 3. The summed E-state index contributed by atoms with van der Waals surface area (Å²) in [5.41, 5.74) is -2.99. The van der Waals surface area contributed by atoms with E-state index in [0.717, 1.165) is 0 Å². The third-order valence-corrected chi connectivity index (χ3v) is 6.35. The van der Waals surface area contributed by atoms with Crippen molar-refractivity contribution in [2.24, 2.45) is 15.0 Å². The van der Waals surface area contributed by atoms with Crippen LogP contribution in [0.3, 0.4) is 0 Å². The molecule has 0 fully saturated rings. The van der Waals surface area contributed by atoms with Crippen molar-refractivity contribution in [1.82, 2.24) is 13.7 Å². The molecule has 228 valence electrons. The van der Waals surface area contributed by atoms with Gasteiger partial charge in [-0.05, 0) is 0 Å². The van der Waals surface area contributed by atoms with Gasteiger partial charge in [0.05, 0.1) is 55.8 Å². The second-order valence-corrected chi connectivity index (χ2v) is 9.32. The molecule has 0 atom stereocenters. The van der Waals surface area contributed by atoms with E-state index in [4.69, 9.17) is 63.4 Å². The number of hydrogen-bond acceptors (Lipinski definition) is 21. The van der Waals surface area contributed by atoms with E-state index in [9.17, 15) is 28.8 Å². The topological polar surface area (TPSA) is 210 Å². The first-order chi connectivity index (χ1) is 20.3. The minimum Gasteiger partial charge on any atom is -0.454 e. The van der Waals surface area contributed by atoms with E-state index in [-0.39, 0.29) is 72.8 Å². The van der Waals surface area contributed by atoms with Gasteiger partial charge in [-0.3, -0.25) is 0 Å². The van der Waals surface area contributed by atoms with Crippen LogP contribution in [-0.2, 0) is 60.8 Å². The zero-order valence-electron chi connectivity index (χ0n) is 20.9. The first-order valence-corrected chi connectivity index (χ1v) is 14.7. The molecule has 0 N–H and O–H groups in total. The first kappa shape index (κ1) is 36.7. The van der Waals surface area contributed by atoms with Gasteiger partial charge in [-0.15, -0.1) is 0 Å². The number of hydrogen-bond donors (Lipinski definition) is 0. The minimum atomic E-state index is -0.997. The van der Waals surface area contributed by atoms with Gasteiger partial charge in [0.2, 0.25) is 18.2 Å². The molecule has 18 nitrogen and oxygen atoms in total. The molecule has 0 unspecified atom stereocenters. The molecule has 1 aromatic heterocycles. The largest absolute Gasteiger partial charge is 0.454 e. The fourth-order valence-corrected chi connectivity index (χ4v) is 3.96. The van der Waals surface area contributed by atoms with E-state index in [0.29, 0.717) is 49.8 Å². The van der Waals surface area contributed by atoms with Gasteiger partial charge in [-0.2, -0.15) is 15.0 Å². The van der Waals surface area contributed by atoms with Crippen LogP contribution >= 0.6 is 72.8 Å². The van der Waals surface area contributed by atoms with Crippen molar-refractivity contribution in [3.63, 3.8) is 0 Å². The van der Waals surface area contributed by atoms with Crippen molar-refractivity contribution >= 4 is 107 Å². The maximum absolute atomic E-state index is 13.0. The van der Waals surface area contributed by atoms with Gasteiger partial charge in [0.25, 0.3) is 0 Å². The molecular formula is C18H18N6O12S6. The van der Waals surface area contributed by atoms with Crippen LogP contribution in [0.2, 0.25) is 0 Å². The summed E-state index contributed by atoms with van der Waals surface area (Å²) in [5, 5.41) is -1.08. The van der Waals surface area contributed by atoms with E-state index in [1.165, 1.54) is 18.2 Å². The molecule has 0 aromatic carbocycles. The monoisotopic (exact) mass is 702 g/mol. The van der Waals surface area contributed by atoms with Crippen LogP contribution in [0.25, 0.3) is 0 Å². The summed E-state index contributed by atoms with van der Waals surface area (Å²) in [6.07, 6.45) is 3.92. The molecule has 0 aliphatic heterocycles. The summed E-state index contributed by atoms with van der Waals surface area (Å²) >= 11 is 16.6. The van der Waals surface area contributed by atoms with Gasteiger partial charge < -0.3 is 26.8 Å². The number of nitrogens with zero attached hydrogens (tertiary/aromatic N) is 6. The highest BCUT2D eigenvalue weighted by Crippen LogP contribution is 2.06. The predicted octanol–water partition coefficient (Wildman–Crippen LogP) is -0.0495. The zero-order chi connectivity index (χ0) is 31.2. The van der Waals surface area contributed by atoms with Crippen LogP contribution in [0.15, 0.2) is 29.4 Å². The predicted molar refractivity (Wildman–Crippen MR) is 160 cm³/mol. The number of aromatic nitrogens is 3. The summed E-state index contributed by atoms with van der Waals surface area (Å²) < 4.78 is 32.4. The fourth-order valence-electron chi connectivity index (χ4n) is 2.37. The lowest BCUT2D eigenvalue weighted by molar-refractivity contribution is 0.218. The summed E-state index contributed by atoms with van der Waals surface area (Å²) in [4.78, 5) is 78.9. The number of aliphatic imine (C=N–C) groups is 3. The Morgan fingerprint density at radius 2 is 0.833 bits per heavy atom. The lowest BCUT2D eigenvalue weighted by Crippen LogP contribution is -2.55. The normalized spacial score (nSPS) is 9.71. The van der Waals surface area contributed by atoms with E-state index in [1.807, 2.05) is 0 Å². The Hall–Kier alpha value is -3.33. The molecule has 0 aliphatic carbocycles. The first-order valence-electron chi connectivity index (χ1n) is 10.7. The fraction of sp³-hybridized carbons (Fsp3) is 0.500. The van der Waals surface area contributed by atoms with Gasteiger partial charge in [0, 0.05) is 36.7 Å². The number of thiocarbonyl (C=S) groups is 3. The Bertz CT molecular complexity index is 1210. The van der Waals surface area contributed by atoms with Crippen molar-refractivity contribution < 1.29 is 41.1 Å². The Morgan fingerprint density at radius 3 is 1.07 bits per heavy atom. The van der Waals surface area contributed by atoms with Crippen molar-refractivity contribution in [3.8, 4) is 0 Å². The van der Waals surface area contributed by atoms with Gasteiger partial charge in [0.15, 0.2) is 0 Å². The Labute approximate surface area is 264 Å². The average Bonchev–Trinajstić information content (AvgIpc) is 2.97. The quantitative estimate of drug-likeness (QED) is 0.0645.